The zero-order valence-electron chi connectivity index (χ0n) is 13.4. The predicted molar refractivity (Wildman–Crippen MR) is 90.4 cm³/mol. The van der Waals surface area contributed by atoms with E-state index in [0.717, 1.165) is 18.8 Å². The van der Waals surface area contributed by atoms with Crippen LogP contribution in [0.1, 0.15) is 10.4 Å². The summed E-state index contributed by atoms with van der Waals surface area (Å²) in [5.41, 5.74) is 1.79. The third-order valence-electron chi connectivity index (χ3n) is 3.89. The molecular formula is C18H19FN2O3. The molecular weight excluding hydrogens is 311 g/mol. The number of ether oxygens (including phenoxy) is 2. The molecule has 0 atom stereocenters. The van der Waals surface area contributed by atoms with Gasteiger partial charge in [-0.05, 0) is 36.4 Å². The van der Waals surface area contributed by atoms with Crippen molar-refractivity contribution < 1.29 is 18.7 Å². The van der Waals surface area contributed by atoms with Crippen molar-refractivity contribution in [1.82, 2.24) is 0 Å². The summed E-state index contributed by atoms with van der Waals surface area (Å²) in [7, 11) is 1.54. The van der Waals surface area contributed by atoms with E-state index in [1.807, 2.05) is 18.2 Å². The summed E-state index contributed by atoms with van der Waals surface area (Å²) in [6.07, 6.45) is 0. The van der Waals surface area contributed by atoms with Crippen LogP contribution in [0.3, 0.4) is 0 Å². The molecule has 0 saturated carbocycles. The number of carbonyl (C=O) groups excluding carboxylic acids is 1. The Bertz CT molecular complexity index is 730. The molecule has 126 valence electrons. The van der Waals surface area contributed by atoms with Gasteiger partial charge in [0.2, 0.25) is 0 Å². The zero-order valence-corrected chi connectivity index (χ0v) is 13.4. The standard InChI is InChI=1S/C18H19FN2O3/c1-23-17-6-5-15(21-7-9-24-10-8-21)12-16(17)20-18(22)13-3-2-4-14(19)11-13/h2-6,11-12H,7-10H2,1H3,(H,20,22). The highest BCUT2D eigenvalue weighted by atomic mass is 19.1. The third kappa shape index (κ3) is 3.65. The first kappa shape index (κ1) is 16.3. The highest BCUT2D eigenvalue weighted by Crippen LogP contribution is 2.30. The van der Waals surface area contributed by atoms with Gasteiger partial charge in [0.1, 0.15) is 11.6 Å². The molecule has 0 radical (unpaired) electrons. The Balaban J connectivity index is 1.83. The first-order valence-corrected chi connectivity index (χ1v) is 7.75. The molecule has 0 spiro atoms. The van der Waals surface area contributed by atoms with Crippen LogP contribution in [0.4, 0.5) is 15.8 Å². The van der Waals surface area contributed by atoms with Gasteiger partial charge in [-0.25, -0.2) is 4.39 Å². The van der Waals surface area contributed by atoms with Gasteiger partial charge >= 0.3 is 0 Å². The Kier molecular flexibility index (Phi) is 4.96. The van der Waals surface area contributed by atoms with Crippen molar-refractivity contribution in [2.45, 2.75) is 0 Å². The quantitative estimate of drug-likeness (QED) is 0.936. The van der Waals surface area contributed by atoms with Crippen molar-refractivity contribution in [3.05, 3.63) is 53.8 Å². The molecule has 0 unspecified atom stereocenters. The number of nitrogens with one attached hydrogen (secondary N) is 1. The molecule has 1 saturated heterocycles. The number of hydrogen-bond acceptors (Lipinski definition) is 4. The van der Waals surface area contributed by atoms with Gasteiger partial charge in [0.15, 0.2) is 0 Å². The minimum Gasteiger partial charge on any atom is -0.495 e. The first-order chi connectivity index (χ1) is 11.7. The number of carbonyl (C=O) groups is 1. The topological polar surface area (TPSA) is 50.8 Å². The van der Waals surface area contributed by atoms with Gasteiger partial charge in [-0.15, -0.1) is 0 Å². The molecule has 0 aromatic heterocycles. The van der Waals surface area contributed by atoms with Crippen LogP contribution < -0.4 is 15.0 Å². The second kappa shape index (κ2) is 7.31. The normalized spacial score (nSPS) is 14.3. The second-order valence-corrected chi connectivity index (χ2v) is 5.45. The number of anilines is 2. The van der Waals surface area contributed by atoms with Crippen LogP contribution >= 0.6 is 0 Å². The molecule has 1 heterocycles. The smallest absolute Gasteiger partial charge is 0.255 e. The van der Waals surface area contributed by atoms with Gasteiger partial charge in [0, 0.05) is 24.3 Å². The lowest BCUT2D eigenvalue weighted by atomic mass is 10.2. The molecule has 5 nitrogen and oxygen atoms in total. The molecule has 0 bridgehead atoms. The van der Waals surface area contributed by atoms with E-state index < -0.39 is 5.82 Å². The maximum absolute atomic E-state index is 13.3. The molecule has 1 fully saturated rings. The van der Waals surface area contributed by atoms with E-state index in [0.29, 0.717) is 24.7 Å². The van der Waals surface area contributed by atoms with E-state index in [2.05, 4.69) is 10.2 Å². The van der Waals surface area contributed by atoms with E-state index in [1.54, 1.807) is 13.2 Å². The van der Waals surface area contributed by atoms with Crippen LogP contribution in [0.5, 0.6) is 5.75 Å². The Labute approximate surface area is 140 Å². The number of methoxy groups -OCH3 is 1. The second-order valence-electron chi connectivity index (χ2n) is 5.45. The Hall–Kier alpha value is -2.60. The fraction of sp³-hybridized carbons (Fsp3) is 0.278. The lowest BCUT2D eigenvalue weighted by molar-refractivity contribution is 0.102. The van der Waals surface area contributed by atoms with Gasteiger partial charge in [0.25, 0.3) is 5.91 Å². The maximum Gasteiger partial charge on any atom is 0.255 e. The van der Waals surface area contributed by atoms with Gasteiger partial charge in [-0.3, -0.25) is 4.79 Å². The highest BCUT2D eigenvalue weighted by Gasteiger charge is 2.15. The number of morpholine rings is 1. The molecule has 24 heavy (non-hydrogen) atoms. The van der Waals surface area contributed by atoms with Crippen LogP contribution in [-0.2, 0) is 4.74 Å². The van der Waals surface area contributed by atoms with Gasteiger partial charge in [-0.1, -0.05) is 6.07 Å². The number of rotatable bonds is 4. The fourth-order valence-corrected chi connectivity index (χ4v) is 2.64. The molecule has 3 rings (SSSR count). The molecule has 1 amide bonds. The van der Waals surface area contributed by atoms with E-state index in [-0.39, 0.29) is 11.5 Å². The maximum atomic E-state index is 13.3. The average Bonchev–Trinajstić information content (AvgIpc) is 2.62. The molecule has 1 aliphatic rings. The summed E-state index contributed by atoms with van der Waals surface area (Å²) in [5.74, 6) is -0.277. The molecule has 1 aliphatic heterocycles. The molecule has 0 aliphatic carbocycles. The van der Waals surface area contributed by atoms with Gasteiger partial charge in [-0.2, -0.15) is 0 Å². The summed E-state index contributed by atoms with van der Waals surface area (Å²) in [5, 5.41) is 2.80. The van der Waals surface area contributed by atoms with Crippen molar-refractivity contribution in [3.8, 4) is 5.75 Å². The van der Waals surface area contributed by atoms with Crippen LogP contribution in [0, 0.1) is 5.82 Å². The van der Waals surface area contributed by atoms with E-state index >= 15 is 0 Å². The van der Waals surface area contributed by atoms with Crippen LogP contribution in [-0.4, -0.2) is 39.3 Å². The van der Waals surface area contributed by atoms with Gasteiger partial charge in [0.05, 0.1) is 26.0 Å². The number of amides is 1. The minimum absolute atomic E-state index is 0.258. The highest BCUT2D eigenvalue weighted by molar-refractivity contribution is 6.05. The number of halogens is 1. The van der Waals surface area contributed by atoms with Crippen LogP contribution in [0.2, 0.25) is 0 Å². The number of hydrogen-bond donors (Lipinski definition) is 1. The minimum atomic E-state index is -0.448. The lowest BCUT2D eigenvalue weighted by Crippen LogP contribution is -2.36. The SMILES string of the molecule is COc1ccc(N2CCOCC2)cc1NC(=O)c1cccc(F)c1. The summed E-state index contributed by atoms with van der Waals surface area (Å²) in [6.45, 7) is 2.95. The van der Waals surface area contributed by atoms with Crippen molar-refractivity contribution >= 4 is 17.3 Å². The van der Waals surface area contributed by atoms with E-state index in [4.69, 9.17) is 9.47 Å². The largest absolute Gasteiger partial charge is 0.495 e. The third-order valence-corrected chi connectivity index (χ3v) is 3.89. The Morgan fingerprint density at radius 2 is 2.00 bits per heavy atom. The zero-order chi connectivity index (χ0) is 16.9. The van der Waals surface area contributed by atoms with Crippen LogP contribution in [0.15, 0.2) is 42.5 Å². The predicted octanol–water partition coefficient (Wildman–Crippen LogP) is 2.92. The van der Waals surface area contributed by atoms with E-state index in [9.17, 15) is 9.18 Å². The average molecular weight is 330 g/mol. The summed E-state index contributed by atoms with van der Waals surface area (Å²) in [4.78, 5) is 14.5. The lowest BCUT2D eigenvalue weighted by Gasteiger charge is -2.29. The van der Waals surface area contributed by atoms with Crippen molar-refractivity contribution in [2.75, 3.05) is 43.6 Å². The summed E-state index contributed by atoms with van der Waals surface area (Å²) in [6, 6.07) is 11.2. The summed E-state index contributed by atoms with van der Waals surface area (Å²) >= 11 is 0. The number of nitrogens with zero attached hydrogens (tertiary/aromatic N) is 1. The van der Waals surface area contributed by atoms with Crippen molar-refractivity contribution in [3.63, 3.8) is 0 Å². The van der Waals surface area contributed by atoms with Crippen molar-refractivity contribution in [1.29, 1.82) is 0 Å². The van der Waals surface area contributed by atoms with Crippen molar-refractivity contribution in [2.24, 2.45) is 0 Å². The first-order valence-electron chi connectivity index (χ1n) is 7.75. The van der Waals surface area contributed by atoms with E-state index in [1.165, 1.54) is 18.2 Å². The summed E-state index contributed by atoms with van der Waals surface area (Å²) < 4.78 is 24.0. The fourth-order valence-electron chi connectivity index (χ4n) is 2.64. The molecule has 2 aromatic rings. The number of benzene rings is 2. The Morgan fingerprint density at radius 3 is 2.71 bits per heavy atom. The monoisotopic (exact) mass is 330 g/mol. The molecule has 2 aromatic carbocycles. The molecule has 6 heteroatoms. The molecule has 1 N–H and O–H groups in total. The van der Waals surface area contributed by atoms with Crippen LogP contribution in [0.25, 0.3) is 0 Å². The Morgan fingerprint density at radius 1 is 1.21 bits per heavy atom. The van der Waals surface area contributed by atoms with Gasteiger partial charge < -0.3 is 19.7 Å².